The standard InChI is InChI=1S/C19H19ClN4O5S/c1-19(2)23(16(26)12(24(19)21-29)10-6-4-3-5-7-10)14-15(25)22-13(18(27)28)11(8-20)9-30-17(14)22/h3-7,12,14,17H,8-9H2,1-2H3,(H,27,28)/t12?,14?,17-/m0/s1. The molecule has 158 valence electrons. The number of thioether (sulfide) groups is 1. The van der Waals surface area contributed by atoms with E-state index in [0.29, 0.717) is 16.9 Å². The molecular weight excluding hydrogens is 432 g/mol. The van der Waals surface area contributed by atoms with Crippen molar-refractivity contribution in [1.29, 1.82) is 0 Å². The fourth-order valence-corrected chi connectivity index (χ4v) is 6.07. The zero-order valence-electron chi connectivity index (χ0n) is 16.2. The van der Waals surface area contributed by atoms with Crippen molar-refractivity contribution in [2.75, 3.05) is 11.6 Å². The van der Waals surface area contributed by atoms with E-state index in [1.54, 1.807) is 44.2 Å². The lowest BCUT2D eigenvalue weighted by molar-refractivity contribution is -0.164. The first-order valence-electron chi connectivity index (χ1n) is 9.22. The molecule has 0 spiro atoms. The van der Waals surface area contributed by atoms with E-state index in [-0.39, 0.29) is 11.6 Å². The molecule has 4 rings (SSSR count). The number of carboxylic acids is 1. The van der Waals surface area contributed by atoms with Gasteiger partial charge in [0, 0.05) is 11.6 Å². The number of fused-ring (bicyclic) bond motifs is 1. The maximum atomic E-state index is 13.4. The minimum atomic E-state index is -1.23. The number of carbonyl (C=O) groups is 3. The number of β-lactam (4-membered cyclic amide) rings is 1. The Kier molecular flexibility index (Phi) is 5.01. The van der Waals surface area contributed by atoms with Crippen molar-refractivity contribution in [3.8, 4) is 0 Å². The van der Waals surface area contributed by atoms with Gasteiger partial charge in [0.2, 0.25) is 0 Å². The van der Waals surface area contributed by atoms with Gasteiger partial charge in [-0.15, -0.1) is 28.3 Å². The second-order valence-electron chi connectivity index (χ2n) is 7.69. The molecule has 0 aromatic heterocycles. The fourth-order valence-electron chi connectivity index (χ4n) is 4.35. The number of benzene rings is 1. The molecule has 0 bridgehead atoms. The van der Waals surface area contributed by atoms with Crippen LogP contribution in [0.1, 0.15) is 25.5 Å². The molecule has 0 aliphatic carbocycles. The van der Waals surface area contributed by atoms with E-state index in [0.717, 1.165) is 5.01 Å². The number of carboxylic acid groups (broad SMARTS) is 1. The summed E-state index contributed by atoms with van der Waals surface area (Å²) in [6.07, 6.45) is 0. The van der Waals surface area contributed by atoms with Crippen LogP contribution in [0.4, 0.5) is 0 Å². The Morgan fingerprint density at radius 2 is 1.93 bits per heavy atom. The molecule has 3 atom stereocenters. The number of aliphatic carboxylic acids is 1. The largest absolute Gasteiger partial charge is 0.477 e. The predicted molar refractivity (Wildman–Crippen MR) is 110 cm³/mol. The minimum absolute atomic E-state index is 0.00284. The number of nitroso groups, excluding NO2 is 1. The Morgan fingerprint density at radius 1 is 1.27 bits per heavy atom. The second-order valence-corrected chi connectivity index (χ2v) is 9.06. The second kappa shape index (κ2) is 7.28. The molecule has 1 aromatic rings. The Balaban J connectivity index is 1.72. The van der Waals surface area contributed by atoms with Gasteiger partial charge in [0.1, 0.15) is 22.8 Å². The van der Waals surface area contributed by atoms with E-state index < -0.39 is 40.9 Å². The maximum Gasteiger partial charge on any atom is 0.352 e. The number of alkyl halides is 1. The van der Waals surface area contributed by atoms with Gasteiger partial charge in [0.05, 0.1) is 5.29 Å². The van der Waals surface area contributed by atoms with Gasteiger partial charge >= 0.3 is 5.97 Å². The monoisotopic (exact) mass is 450 g/mol. The highest BCUT2D eigenvalue weighted by molar-refractivity contribution is 8.00. The van der Waals surface area contributed by atoms with Gasteiger partial charge in [0.25, 0.3) is 11.8 Å². The van der Waals surface area contributed by atoms with Crippen LogP contribution in [-0.4, -0.2) is 66.4 Å². The highest BCUT2D eigenvalue weighted by atomic mass is 35.5. The van der Waals surface area contributed by atoms with Crippen molar-refractivity contribution < 1.29 is 19.5 Å². The molecule has 3 aliphatic heterocycles. The lowest BCUT2D eigenvalue weighted by Gasteiger charge is -2.54. The topological polar surface area (TPSA) is 111 Å². The van der Waals surface area contributed by atoms with E-state index in [4.69, 9.17) is 11.6 Å². The van der Waals surface area contributed by atoms with Crippen LogP contribution < -0.4 is 0 Å². The normalized spacial score (nSPS) is 27.8. The molecule has 9 nitrogen and oxygen atoms in total. The molecule has 0 radical (unpaired) electrons. The van der Waals surface area contributed by atoms with Gasteiger partial charge < -0.3 is 10.0 Å². The first-order valence-corrected chi connectivity index (χ1v) is 10.8. The lowest BCUT2D eigenvalue weighted by Crippen LogP contribution is -2.73. The van der Waals surface area contributed by atoms with E-state index in [9.17, 15) is 24.4 Å². The van der Waals surface area contributed by atoms with Crippen LogP contribution >= 0.6 is 23.4 Å². The smallest absolute Gasteiger partial charge is 0.352 e. The van der Waals surface area contributed by atoms with E-state index in [2.05, 4.69) is 5.29 Å². The molecular formula is C19H19ClN4O5S. The maximum absolute atomic E-state index is 13.4. The summed E-state index contributed by atoms with van der Waals surface area (Å²) in [5.74, 6) is -1.81. The zero-order valence-corrected chi connectivity index (χ0v) is 17.8. The first kappa shape index (κ1) is 20.7. The highest BCUT2D eigenvalue weighted by Gasteiger charge is 2.64. The van der Waals surface area contributed by atoms with Crippen LogP contribution in [-0.2, 0) is 14.4 Å². The first-order chi connectivity index (χ1) is 14.3. The van der Waals surface area contributed by atoms with Gasteiger partial charge in [-0.2, -0.15) is 0 Å². The average Bonchev–Trinajstić information content (AvgIpc) is 2.92. The van der Waals surface area contributed by atoms with Crippen molar-refractivity contribution >= 4 is 41.1 Å². The van der Waals surface area contributed by atoms with Crippen LogP contribution in [0.2, 0.25) is 0 Å². The van der Waals surface area contributed by atoms with E-state index in [1.165, 1.54) is 21.6 Å². The molecule has 0 saturated carbocycles. The number of hydrogen-bond acceptors (Lipinski definition) is 6. The molecule has 2 unspecified atom stereocenters. The quantitative estimate of drug-likeness (QED) is 0.415. The van der Waals surface area contributed by atoms with Gasteiger partial charge in [-0.3, -0.25) is 14.5 Å². The van der Waals surface area contributed by atoms with Gasteiger partial charge in [-0.05, 0) is 25.0 Å². The van der Waals surface area contributed by atoms with Crippen LogP contribution in [0.3, 0.4) is 0 Å². The molecule has 11 heteroatoms. The van der Waals surface area contributed by atoms with Crippen LogP contribution in [0.25, 0.3) is 0 Å². The number of carbonyl (C=O) groups excluding carboxylic acids is 2. The molecule has 2 amide bonds. The summed E-state index contributed by atoms with van der Waals surface area (Å²) in [5, 5.41) is 13.3. The van der Waals surface area contributed by atoms with Crippen LogP contribution in [0, 0.1) is 4.91 Å². The van der Waals surface area contributed by atoms with Crippen molar-refractivity contribution in [1.82, 2.24) is 14.8 Å². The predicted octanol–water partition coefficient (Wildman–Crippen LogP) is 2.15. The van der Waals surface area contributed by atoms with Crippen molar-refractivity contribution in [3.63, 3.8) is 0 Å². The SMILES string of the molecule is CC1(C)N(N=O)C(c2ccccc2)C(=O)N1C1C(=O)N2C(C(=O)O)=C(CCl)CS[C@@H]12. The minimum Gasteiger partial charge on any atom is -0.477 e. The number of nitrogens with zero attached hydrogens (tertiary/aromatic N) is 4. The summed E-state index contributed by atoms with van der Waals surface area (Å²) >= 11 is 7.22. The molecule has 3 aliphatic rings. The third kappa shape index (κ3) is 2.73. The molecule has 1 N–H and O–H groups in total. The van der Waals surface area contributed by atoms with Gasteiger partial charge in [-0.25, -0.2) is 9.80 Å². The summed E-state index contributed by atoms with van der Waals surface area (Å²) in [7, 11) is 0. The number of rotatable bonds is 5. The summed E-state index contributed by atoms with van der Waals surface area (Å²) < 4.78 is 0. The van der Waals surface area contributed by atoms with E-state index in [1.807, 2.05) is 0 Å². The average molecular weight is 451 g/mol. The zero-order chi connectivity index (χ0) is 21.8. The lowest BCUT2D eigenvalue weighted by atomic mass is 9.98. The summed E-state index contributed by atoms with van der Waals surface area (Å²) in [6, 6.07) is 6.90. The van der Waals surface area contributed by atoms with E-state index >= 15 is 0 Å². The van der Waals surface area contributed by atoms with Gasteiger partial charge in [-0.1, -0.05) is 30.3 Å². The molecule has 1 aromatic carbocycles. The summed E-state index contributed by atoms with van der Waals surface area (Å²) in [5.41, 5.74) is -0.244. The summed E-state index contributed by atoms with van der Waals surface area (Å²) in [6.45, 7) is 3.30. The Morgan fingerprint density at radius 3 is 2.50 bits per heavy atom. The van der Waals surface area contributed by atoms with Gasteiger partial charge in [0.15, 0.2) is 6.04 Å². The van der Waals surface area contributed by atoms with Crippen LogP contribution in [0.15, 0.2) is 46.9 Å². The molecule has 3 heterocycles. The molecule has 2 saturated heterocycles. The number of hydrogen-bond donors (Lipinski definition) is 1. The number of halogens is 1. The van der Waals surface area contributed by atoms with Crippen LogP contribution in [0.5, 0.6) is 0 Å². The Bertz CT molecular complexity index is 969. The Labute approximate surface area is 181 Å². The fraction of sp³-hybridized carbons (Fsp3) is 0.421. The molecule has 30 heavy (non-hydrogen) atoms. The highest BCUT2D eigenvalue weighted by Crippen LogP contribution is 2.49. The Hall–Kier alpha value is -2.59. The molecule has 2 fully saturated rings. The van der Waals surface area contributed by atoms with Crippen molar-refractivity contribution in [3.05, 3.63) is 52.1 Å². The summed E-state index contributed by atoms with van der Waals surface area (Å²) in [4.78, 5) is 52.5. The van der Waals surface area contributed by atoms with Crippen molar-refractivity contribution in [2.24, 2.45) is 5.29 Å². The van der Waals surface area contributed by atoms with Crippen molar-refractivity contribution in [2.45, 2.75) is 37.0 Å². The number of amides is 2. The third-order valence-corrected chi connectivity index (χ3v) is 7.38. The third-order valence-electron chi connectivity index (χ3n) is 5.73.